The lowest BCUT2D eigenvalue weighted by atomic mass is 9.88. The third-order valence-electron chi connectivity index (χ3n) is 5.44. The number of hydrogen-bond acceptors (Lipinski definition) is 2. The van der Waals surface area contributed by atoms with Gasteiger partial charge in [-0.2, -0.15) is 5.10 Å². The van der Waals surface area contributed by atoms with Crippen LogP contribution in [0.3, 0.4) is 0 Å². The number of amides is 1. The summed E-state index contributed by atoms with van der Waals surface area (Å²) in [6, 6.07) is 10.1. The first kappa shape index (κ1) is 14.5. The van der Waals surface area contributed by atoms with Gasteiger partial charge >= 0.3 is 0 Å². The van der Waals surface area contributed by atoms with E-state index in [1.54, 1.807) is 0 Å². The van der Waals surface area contributed by atoms with Crippen molar-refractivity contribution in [2.24, 2.45) is 17.8 Å². The van der Waals surface area contributed by atoms with Crippen molar-refractivity contribution in [1.29, 1.82) is 0 Å². The third-order valence-corrected chi connectivity index (χ3v) is 5.44. The van der Waals surface area contributed by atoms with E-state index in [1.165, 1.54) is 19.3 Å². The molecule has 1 aromatic carbocycles. The van der Waals surface area contributed by atoms with Gasteiger partial charge in [-0.1, -0.05) is 24.6 Å². The summed E-state index contributed by atoms with van der Waals surface area (Å²) in [4.78, 5) is 12.3. The Balaban J connectivity index is 1.28. The normalized spacial score (nSPS) is 25.7. The van der Waals surface area contributed by atoms with Gasteiger partial charge in [-0.25, -0.2) is 4.68 Å². The van der Waals surface area contributed by atoms with Gasteiger partial charge in [0.1, 0.15) is 0 Å². The van der Waals surface area contributed by atoms with Crippen LogP contribution in [0.15, 0.2) is 42.7 Å². The van der Waals surface area contributed by atoms with Crippen molar-refractivity contribution in [2.45, 2.75) is 32.1 Å². The summed E-state index contributed by atoms with van der Waals surface area (Å²) in [6.07, 6.45) is 9.75. The fourth-order valence-corrected chi connectivity index (χ4v) is 4.24. The monoisotopic (exact) mass is 309 g/mol. The molecule has 0 spiro atoms. The third kappa shape index (κ3) is 3.03. The summed E-state index contributed by atoms with van der Waals surface area (Å²) in [5.41, 5.74) is 2.21. The van der Waals surface area contributed by atoms with Crippen molar-refractivity contribution in [3.63, 3.8) is 0 Å². The zero-order chi connectivity index (χ0) is 15.6. The summed E-state index contributed by atoms with van der Waals surface area (Å²) in [5.74, 6) is 2.02. The molecule has 2 fully saturated rings. The van der Waals surface area contributed by atoms with E-state index in [1.807, 2.05) is 47.4 Å². The largest absolute Gasteiger partial charge is 0.356 e. The van der Waals surface area contributed by atoms with Crippen LogP contribution in [0, 0.1) is 17.8 Å². The highest BCUT2D eigenvalue weighted by atomic mass is 16.1. The summed E-state index contributed by atoms with van der Waals surface area (Å²) >= 11 is 0. The second-order valence-electron chi connectivity index (χ2n) is 6.95. The van der Waals surface area contributed by atoms with E-state index < -0.39 is 0 Å². The minimum atomic E-state index is 0.271. The van der Waals surface area contributed by atoms with Crippen molar-refractivity contribution in [2.75, 3.05) is 6.54 Å². The van der Waals surface area contributed by atoms with Gasteiger partial charge in [0.25, 0.3) is 0 Å². The molecule has 2 aliphatic carbocycles. The quantitative estimate of drug-likeness (QED) is 0.923. The zero-order valence-corrected chi connectivity index (χ0v) is 13.3. The molecule has 1 N–H and O–H groups in total. The molecule has 1 aromatic heterocycles. The number of benzene rings is 1. The number of aromatic nitrogens is 2. The number of nitrogens with zero attached hydrogens (tertiary/aromatic N) is 2. The van der Waals surface area contributed by atoms with Crippen molar-refractivity contribution >= 4 is 5.91 Å². The average molecular weight is 309 g/mol. The number of para-hydroxylation sites is 1. The fourth-order valence-electron chi connectivity index (χ4n) is 4.24. The van der Waals surface area contributed by atoms with E-state index in [0.29, 0.717) is 12.5 Å². The van der Waals surface area contributed by atoms with Crippen LogP contribution in [0.4, 0.5) is 0 Å². The molecule has 4 rings (SSSR count). The highest BCUT2D eigenvalue weighted by Crippen LogP contribution is 2.48. The molecule has 3 atom stereocenters. The SMILES string of the molecule is O=C(NCCc1cnn(-c2ccccc2)c1)C1CC2CCC1C2. The number of hydrogen-bond donors (Lipinski definition) is 1. The Kier molecular flexibility index (Phi) is 3.90. The van der Waals surface area contributed by atoms with Crippen molar-refractivity contribution in [3.05, 3.63) is 48.3 Å². The number of nitrogens with one attached hydrogen (secondary N) is 1. The molecule has 4 heteroatoms. The molecule has 2 bridgehead atoms. The van der Waals surface area contributed by atoms with Gasteiger partial charge in [0.15, 0.2) is 0 Å². The number of fused-ring (bicyclic) bond motifs is 2. The fraction of sp³-hybridized carbons (Fsp3) is 0.474. The summed E-state index contributed by atoms with van der Waals surface area (Å²) in [6.45, 7) is 0.702. The van der Waals surface area contributed by atoms with E-state index in [-0.39, 0.29) is 11.8 Å². The number of carbonyl (C=O) groups excluding carboxylic acids is 1. The summed E-state index contributed by atoms with van der Waals surface area (Å²) in [7, 11) is 0. The molecular weight excluding hydrogens is 286 g/mol. The molecule has 0 radical (unpaired) electrons. The lowest BCUT2D eigenvalue weighted by Crippen LogP contribution is -2.34. The van der Waals surface area contributed by atoms with E-state index in [2.05, 4.69) is 10.4 Å². The first-order valence-corrected chi connectivity index (χ1v) is 8.66. The van der Waals surface area contributed by atoms with Gasteiger partial charge in [0.05, 0.1) is 11.9 Å². The van der Waals surface area contributed by atoms with Crippen LogP contribution < -0.4 is 5.32 Å². The van der Waals surface area contributed by atoms with Crippen LogP contribution in [-0.4, -0.2) is 22.2 Å². The predicted octanol–water partition coefficient (Wildman–Crippen LogP) is 2.97. The summed E-state index contributed by atoms with van der Waals surface area (Å²) in [5, 5.41) is 7.53. The van der Waals surface area contributed by atoms with Crippen LogP contribution in [0.2, 0.25) is 0 Å². The smallest absolute Gasteiger partial charge is 0.223 e. The van der Waals surface area contributed by atoms with Crippen LogP contribution in [0.25, 0.3) is 5.69 Å². The maximum Gasteiger partial charge on any atom is 0.223 e. The van der Waals surface area contributed by atoms with Crippen LogP contribution in [0.5, 0.6) is 0 Å². The minimum absolute atomic E-state index is 0.271. The van der Waals surface area contributed by atoms with Crippen LogP contribution in [-0.2, 0) is 11.2 Å². The second-order valence-corrected chi connectivity index (χ2v) is 6.95. The van der Waals surface area contributed by atoms with Crippen LogP contribution in [0.1, 0.15) is 31.2 Å². The highest BCUT2D eigenvalue weighted by molar-refractivity contribution is 5.79. The first-order valence-electron chi connectivity index (χ1n) is 8.66. The Bertz CT molecular complexity index is 679. The highest BCUT2D eigenvalue weighted by Gasteiger charge is 2.42. The molecule has 0 aliphatic heterocycles. The molecule has 1 heterocycles. The Labute approximate surface area is 136 Å². The molecule has 1 amide bonds. The van der Waals surface area contributed by atoms with Gasteiger partial charge in [-0.15, -0.1) is 0 Å². The standard InChI is InChI=1S/C19H23N3O/c23-19(18-11-14-6-7-16(18)10-14)20-9-8-15-12-21-22(13-15)17-4-2-1-3-5-17/h1-5,12-14,16,18H,6-11H2,(H,20,23). The zero-order valence-electron chi connectivity index (χ0n) is 13.3. The number of rotatable bonds is 5. The number of carbonyl (C=O) groups is 1. The van der Waals surface area contributed by atoms with Crippen molar-refractivity contribution in [3.8, 4) is 5.69 Å². The molecule has 2 saturated carbocycles. The summed E-state index contributed by atoms with van der Waals surface area (Å²) < 4.78 is 1.88. The average Bonchev–Trinajstić information content (AvgIpc) is 3.32. The predicted molar refractivity (Wildman–Crippen MR) is 89.2 cm³/mol. The van der Waals surface area contributed by atoms with Crippen molar-refractivity contribution in [1.82, 2.24) is 15.1 Å². The van der Waals surface area contributed by atoms with Crippen molar-refractivity contribution < 1.29 is 4.79 Å². The lowest BCUT2D eigenvalue weighted by molar-refractivity contribution is -0.126. The molecular formula is C19H23N3O. The molecule has 2 aromatic rings. The van der Waals surface area contributed by atoms with E-state index in [4.69, 9.17) is 0 Å². The van der Waals surface area contributed by atoms with E-state index >= 15 is 0 Å². The molecule has 3 unspecified atom stereocenters. The Hall–Kier alpha value is -2.10. The molecule has 23 heavy (non-hydrogen) atoms. The molecule has 0 saturated heterocycles. The van der Waals surface area contributed by atoms with Gasteiger partial charge in [-0.3, -0.25) is 4.79 Å². The van der Waals surface area contributed by atoms with E-state index in [9.17, 15) is 4.79 Å². The van der Waals surface area contributed by atoms with Crippen LogP contribution >= 0.6 is 0 Å². The first-order chi connectivity index (χ1) is 11.3. The topological polar surface area (TPSA) is 46.9 Å². The van der Waals surface area contributed by atoms with Gasteiger partial charge < -0.3 is 5.32 Å². The van der Waals surface area contributed by atoms with Gasteiger partial charge in [0.2, 0.25) is 5.91 Å². The maximum atomic E-state index is 12.3. The van der Waals surface area contributed by atoms with Gasteiger partial charge in [-0.05, 0) is 55.2 Å². The maximum absolute atomic E-state index is 12.3. The second kappa shape index (κ2) is 6.19. The molecule has 120 valence electrons. The Morgan fingerprint density at radius 2 is 2.09 bits per heavy atom. The minimum Gasteiger partial charge on any atom is -0.356 e. The molecule has 2 aliphatic rings. The molecule has 4 nitrogen and oxygen atoms in total. The lowest BCUT2D eigenvalue weighted by Gasteiger charge is -2.20. The van der Waals surface area contributed by atoms with E-state index in [0.717, 1.165) is 30.0 Å². The van der Waals surface area contributed by atoms with Gasteiger partial charge in [0, 0.05) is 18.7 Å². The Morgan fingerprint density at radius 3 is 2.83 bits per heavy atom. The Morgan fingerprint density at radius 1 is 1.22 bits per heavy atom.